The van der Waals surface area contributed by atoms with Gasteiger partial charge in [-0.3, -0.25) is 9.52 Å². The number of nitrogens with zero attached hydrogens (tertiary/aromatic N) is 1. The van der Waals surface area contributed by atoms with Gasteiger partial charge in [-0.1, -0.05) is 12.1 Å². The third-order valence-electron chi connectivity index (χ3n) is 2.74. The average Bonchev–Trinajstić information content (AvgIpc) is 2.38. The number of carboxylic acids is 1. The summed E-state index contributed by atoms with van der Waals surface area (Å²) in [5.41, 5.74) is 1.43. The van der Waals surface area contributed by atoms with Crippen LogP contribution in [0.15, 0.2) is 47.5 Å². The Morgan fingerprint density at radius 2 is 1.90 bits per heavy atom. The van der Waals surface area contributed by atoms with Crippen molar-refractivity contribution in [3.05, 3.63) is 53.7 Å². The molecule has 6 nitrogen and oxygen atoms in total. The molecular weight excluding hydrogens is 292 g/mol. The smallest absolute Gasteiger partial charge is 0.307 e. The molecule has 1 heterocycles. The van der Waals surface area contributed by atoms with Crippen molar-refractivity contribution in [1.29, 1.82) is 0 Å². The van der Waals surface area contributed by atoms with Crippen molar-refractivity contribution < 1.29 is 18.3 Å². The number of nitrogens with one attached hydrogen (secondary N) is 1. The van der Waals surface area contributed by atoms with Crippen molar-refractivity contribution in [3.63, 3.8) is 0 Å². The second kappa shape index (κ2) is 5.92. The van der Waals surface area contributed by atoms with Gasteiger partial charge in [0.2, 0.25) is 0 Å². The number of sulfonamides is 1. The SMILES string of the molecule is Cc1ccnc(NS(=O)(=O)c2ccc(CC(=O)O)cc2)c1. The zero-order valence-corrected chi connectivity index (χ0v) is 12.1. The van der Waals surface area contributed by atoms with Gasteiger partial charge in [0, 0.05) is 6.20 Å². The number of aryl methyl sites for hydroxylation is 1. The molecule has 1 aromatic carbocycles. The second-order valence-corrected chi connectivity index (χ2v) is 6.22. The van der Waals surface area contributed by atoms with Gasteiger partial charge in [-0.25, -0.2) is 13.4 Å². The Bertz CT molecular complexity index is 755. The molecule has 0 radical (unpaired) electrons. The Labute approximate surface area is 122 Å². The van der Waals surface area contributed by atoms with E-state index in [2.05, 4.69) is 9.71 Å². The molecule has 21 heavy (non-hydrogen) atoms. The number of aromatic nitrogens is 1. The van der Waals surface area contributed by atoms with Crippen LogP contribution in [-0.4, -0.2) is 24.5 Å². The van der Waals surface area contributed by atoms with E-state index < -0.39 is 16.0 Å². The van der Waals surface area contributed by atoms with Crippen LogP contribution in [0.2, 0.25) is 0 Å². The Hall–Kier alpha value is -2.41. The number of carboxylic acid groups (broad SMARTS) is 1. The van der Waals surface area contributed by atoms with E-state index in [0.717, 1.165) is 5.56 Å². The van der Waals surface area contributed by atoms with Crippen LogP contribution in [0, 0.1) is 6.92 Å². The van der Waals surface area contributed by atoms with Crippen molar-refractivity contribution >= 4 is 21.8 Å². The molecule has 0 unspecified atom stereocenters. The molecule has 0 atom stereocenters. The number of carbonyl (C=O) groups is 1. The zero-order chi connectivity index (χ0) is 15.5. The summed E-state index contributed by atoms with van der Waals surface area (Å²) in [5, 5.41) is 8.68. The van der Waals surface area contributed by atoms with Crippen molar-refractivity contribution in [2.24, 2.45) is 0 Å². The number of benzene rings is 1. The van der Waals surface area contributed by atoms with Crippen molar-refractivity contribution in [2.45, 2.75) is 18.2 Å². The summed E-state index contributed by atoms with van der Waals surface area (Å²) in [6.07, 6.45) is 1.37. The lowest BCUT2D eigenvalue weighted by Crippen LogP contribution is -2.14. The first kappa shape index (κ1) is 15.0. The lowest BCUT2D eigenvalue weighted by molar-refractivity contribution is -0.136. The number of rotatable bonds is 5. The molecule has 7 heteroatoms. The number of pyridine rings is 1. The minimum atomic E-state index is -3.74. The average molecular weight is 306 g/mol. The predicted molar refractivity (Wildman–Crippen MR) is 77.6 cm³/mol. The van der Waals surface area contributed by atoms with Gasteiger partial charge in [-0.05, 0) is 42.3 Å². The fourth-order valence-corrected chi connectivity index (χ4v) is 2.75. The summed E-state index contributed by atoms with van der Waals surface area (Å²) >= 11 is 0. The summed E-state index contributed by atoms with van der Waals surface area (Å²) in [7, 11) is -3.74. The van der Waals surface area contributed by atoms with Gasteiger partial charge in [-0.15, -0.1) is 0 Å². The van der Waals surface area contributed by atoms with E-state index >= 15 is 0 Å². The number of anilines is 1. The molecular formula is C14H14N2O4S. The molecule has 0 aliphatic rings. The van der Waals surface area contributed by atoms with E-state index in [0.29, 0.717) is 5.56 Å². The van der Waals surface area contributed by atoms with Crippen LogP contribution in [0.4, 0.5) is 5.82 Å². The first-order valence-corrected chi connectivity index (χ1v) is 7.61. The fourth-order valence-electron chi connectivity index (χ4n) is 1.75. The molecule has 110 valence electrons. The normalized spacial score (nSPS) is 11.1. The third-order valence-corrected chi connectivity index (χ3v) is 4.11. The Morgan fingerprint density at radius 1 is 1.24 bits per heavy atom. The van der Waals surface area contributed by atoms with Gasteiger partial charge in [0.25, 0.3) is 10.0 Å². The maximum atomic E-state index is 12.2. The van der Waals surface area contributed by atoms with Gasteiger partial charge < -0.3 is 5.11 Å². The Morgan fingerprint density at radius 3 is 2.48 bits per heavy atom. The minimum Gasteiger partial charge on any atom is -0.481 e. The molecule has 0 fully saturated rings. The van der Waals surface area contributed by atoms with Crippen LogP contribution in [0.1, 0.15) is 11.1 Å². The van der Waals surface area contributed by atoms with Gasteiger partial charge in [0.1, 0.15) is 5.82 Å². The summed E-state index contributed by atoms with van der Waals surface area (Å²) in [5.74, 6) is -0.725. The fraction of sp³-hybridized carbons (Fsp3) is 0.143. The van der Waals surface area contributed by atoms with Crippen LogP contribution in [0.3, 0.4) is 0 Å². The Balaban J connectivity index is 2.21. The summed E-state index contributed by atoms with van der Waals surface area (Å²) < 4.78 is 26.7. The summed E-state index contributed by atoms with van der Waals surface area (Å²) in [4.78, 5) is 14.6. The minimum absolute atomic E-state index is 0.0555. The van der Waals surface area contributed by atoms with Crippen LogP contribution in [0.25, 0.3) is 0 Å². The number of hydrogen-bond donors (Lipinski definition) is 2. The molecule has 0 amide bonds. The maximum Gasteiger partial charge on any atom is 0.307 e. The van der Waals surface area contributed by atoms with Gasteiger partial charge in [0.05, 0.1) is 11.3 Å². The van der Waals surface area contributed by atoms with Crippen molar-refractivity contribution in [1.82, 2.24) is 4.98 Å². The van der Waals surface area contributed by atoms with E-state index in [-0.39, 0.29) is 17.1 Å². The summed E-state index contributed by atoms with van der Waals surface area (Å²) in [6.45, 7) is 1.83. The first-order valence-electron chi connectivity index (χ1n) is 6.13. The molecule has 0 saturated heterocycles. The molecule has 2 rings (SSSR count). The highest BCUT2D eigenvalue weighted by atomic mass is 32.2. The maximum absolute atomic E-state index is 12.2. The molecule has 2 aromatic rings. The van der Waals surface area contributed by atoms with Crippen molar-refractivity contribution in [2.75, 3.05) is 4.72 Å². The van der Waals surface area contributed by atoms with Crippen LogP contribution < -0.4 is 4.72 Å². The van der Waals surface area contributed by atoms with Crippen LogP contribution in [0.5, 0.6) is 0 Å². The first-order chi connectivity index (χ1) is 9.87. The highest BCUT2D eigenvalue weighted by Crippen LogP contribution is 2.16. The largest absolute Gasteiger partial charge is 0.481 e. The van der Waals surface area contributed by atoms with Gasteiger partial charge >= 0.3 is 5.97 Å². The highest BCUT2D eigenvalue weighted by Gasteiger charge is 2.15. The quantitative estimate of drug-likeness (QED) is 0.878. The zero-order valence-electron chi connectivity index (χ0n) is 11.3. The van der Waals surface area contributed by atoms with Gasteiger partial charge in [-0.2, -0.15) is 0 Å². The monoisotopic (exact) mass is 306 g/mol. The molecule has 2 N–H and O–H groups in total. The number of aliphatic carboxylic acids is 1. The third kappa shape index (κ3) is 4.03. The van der Waals surface area contributed by atoms with Gasteiger partial charge in [0.15, 0.2) is 0 Å². The molecule has 1 aromatic heterocycles. The predicted octanol–water partition coefficient (Wildman–Crippen LogP) is 1.82. The highest BCUT2D eigenvalue weighted by molar-refractivity contribution is 7.92. The standard InChI is InChI=1S/C14H14N2O4S/c1-10-6-7-15-13(8-10)16-21(19,20)12-4-2-11(3-5-12)9-14(17)18/h2-8H,9H2,1H3,(H,15,16)(H,17,18). The lowest BCUT2D eigenvalue weighted by atomic mass is 10.2. The van der Waals surface area contributed by atoms with E-state index in [1.165, 1.54) is 30.5 Å². The molecule has 0 aliphatic heterocycles. The van der Waals surface area contributed by atoms with Crippen molar-refractivity contribution in [3.8, 4) is 0 Å². The topological polar surface area (TPSA) is 96.4 Å². The molecule has 0 spiro atoms. The number of hydrogen-bond acceptors (Lipinski definition) is 4. The molecule has 0 aliphatic carbocycles. The van der Waals surface area contributed by atoms with Crippen LogP contribution in [-0.2, 0) is 21.2 Å². The van der Waals surface area contributed by atoms with Crippen LogP contribution >= 0.6 is 0 Å². The Kier molecular flexibility index (Phi) is 4.23. The van der Waals surface area contributed by atoms with E-state index in [1.807, 2.05) is 6.92 Å². The van der Waals surface area contributed by atoms with E-state index in [1.54, 1.807) is 12.1 Å². The van der Waals surface area contributed by atoms with E-state index in [4.69, 9.17) is 5.11 Å². The molecule has 0 saturated carbocycles. The van der Waals surface area contributed by atoms with E-state index in [9.17, 15) is 13.2 Å². The second-order valence-electron chi connectivity index (χ2n) is 4.54. The summed E-state index contributed by atoms with van der Waals surface area (Å²) in [6, 6.07) is 9.08. The molecule has 0 bridgehead atoms. The lowest BCUT2D eigenvalue weighted by Gasteiger charge is -2.08.